The molecule has 0 aliphatic carbocycles. The topological polar surface area (TPSA) is 41.5 Å². The van der Waals surface area contributed by atoms with Gasteiger partial charge in [-0.2, -0.15) is 5.10 Å². The summed E-state index contributed by atoms with van der Waals surface area (Å²) in [6, 6.07) is 11.8. The van der Waals surface area contributed by atoms with E-state index < -0.39 is 0 Å². The maximum absolute atomic E-state index is 11.5. The highest BCUT2D eigenvalue weighted by Gasteiger charge is 2.01. The Balaban J connectivity index is 1.84. The van der Waals surface area contributed by atoms with Crippen molar-refractivity contribution in [3.63, 3.8) is 0 Å². The fourth-order valence-electron chi connectivity index (χ4n) is 1.44. The second-order valence-corrected chi connectivity index (χ2v) is 4.99. The molecule has 1 heterocycles. The van der Waals surface area contributed by atoms with Crippen LogP contribution in [0.3, 0.4) is 0 Å². The number of thiophene rings is 1. The molecule has 2 aromatic rings. The third-order valence-corrected chi connectivity index (χ3v) is 3.27. The van der Waals surface area contributed by atoms with Crippen LogP contribution in [-0.2, 0) is 11.2 Å². The molecule has 1 amide bonds. The second-order valence-electron chi connectivity index (χ2n) is 3.96. The Morgan fingerprint density at radius 3 is 2.78 bits per heavy atom. The molecule has 3 nitrogen and oxygen atoms in total. The number of aryl methyl sites for hydroxylation is 1. The number of carbonyl (C=O) groups is 1. The van der Waals surface area contributed by atoms with E-state index in [1.54, 1.807) is 17.6 Å². The molecule has 0 fully saturated rings. The first-order valence-electron chi connectivity index (χ1n) is 5.65. The lowest BCUT2D eigenvalue weighted by atomic mass is 10.2. The van der Waals surface area contributed by atoms with Gasteiger partial charge in [0.1, 0.15) is 0 Å². The first kappa shape index (κ1) is 12.5. The van der Waals surface area contributed by atoms with Gasteiger partial charge < -0.3 is 0 Å². The fourth-order valence-corrected chi connectivity index (χ4v) is 2.15. The lowest BCUT2D eigenvalue weighted by Crippen LogP contribution is -2.19. The van der Waals surface area contributed by atoms with Crippen molar-refractivity contribution in [2.24, 2.45) is 5.10 Å². The van der Waals surface area contributed by atoms with Crippen LogP contribution in [0.4, 0.5) is 0 Å². The number of amides is 1. The average Bonchev–Trinajstić information content (AvgIpc) is 2.84. The number of hydrazone groups is 1. The van der Waals surface area contributed by atoms with Gasteiger partial charge in [-0.3, -0.25) is 4.79 Å². The van der Waals surface area contributed by atoms with Crippen molar-refractivity contribution in [1.82, 2.24) is 5.43 Å². The molecule has 0 spiro atoms. The van der Waals surface area contributed by atoms with Crippen molar-refractivity contribution in [2.75, 3.05) is 0 Å². The van der Waals surface area contributed by atoms with Crippen LogP contribution in [0.2, 0.25) is 0 Å². The van der Waals surface area contributed by atoms with E-state index in [0.29, 0.717) is 6.42 Å². The third-order valence-electron chi connectivity index (χ3n) is 2.40. The molecule has 1 N–H and O–H groups in total. The first-order chi connectivity index (χ1) is 8.74. The zero-order valence-corrected chi connectivity index (χ0v) is 10.9. The predicted octanol–water partition coefficient (Wildman–Crippen LogP) is 2.75. The monoisotopic (exact) mass is 258 g/mol. The molecule has 0 saturated heterocycles. The van der Waals surface area contributed by atoms with Gasteiger partial charge in [-0.1, -0.05) is 35.9 Å². The van der Waals surface area contributed by atoms with Gasteiger partial charge in [-0.05, 0) is 23.9 Å². The zero-order valence-electron chi connectivity index (χ0n) is 10.1. The van der Waals surface area contributed by atoms with E-state index >= 15 is 0 Å². The molecule has 0 bridgehead atoms. The molecule has 1 aromatic carbocycles. The molecule has 0 saturated carbocycles. The summed E-state index contributed by atoms with van der Waals surface area (Å²) in [5.74, 6) is -0.0965. The fraction of sp³-hybridized carbons (Fsp3) is 0.143. The molecular formula is C14H14N2OS. The highest BCUT2D eigenvalue weighted by molar-refractivity contribution is 7.10. The van der Waals surface area contributed by atoms with E-state index in [9.17, 15) is 4.79 Å². The van der Waals surface area contributed by atoms with E-state index in [2.05, 4.69) is 10.5 Å². The van der Waals surface area contributed by atoms with Gasteiger partial charge >= 0.3 is 0 Å². The molecular weight excluding hydrogens is 244 g/mol. The van der Waals surface area contributed by atoms with Crippen molar-refractivity contribution >= 4 is 23.5 Å². The van der Waals surface area contributed by atoms with Crippen LogP contribution in [0.15, 0.2) is 46.9 Å². The summed E-state index contributed by atoms with van der Waals surface area (Å²) >= 11 is 1.57. The molecule has 1 aromatic heterocycles. The Hall–Kier alpha value is -1.94. The van der Waals surface area contributed by atoms with Crippen molar-refractivity contribution in [3.05, 3.63) is 57.8 Å². The molecule has 18 heavy (non-hydrogen) atoms. The van der Waals surface area contributed by atoms with E-state index in [1.165, 1.54) is 5.56 Å². The highest BCUT2D eigenvalue weighted by atomic mass is 32.1. The Labute approximate surface area is 110 Å². The average molecular weight is 258 g/mol. The summed E-state index contributed by atoms with van der Waals surface area (Å²) in [6.45, 7) is 2.03. The van der Waals surface area contributed by atoms with Crippen LogP contribution in [0.5, 0.6) is 0 Å². The summed E-state index contributed by atoms with van der Waals surface area (Å²) in [7, 11) is 0. The molecule has 0 aliphatic rings. The van der Waals surface area contributed by atoms with Crippen LogP contribution in [-0.4, -0.2) is 12.1 Å². The number of nitrogens with one attached hydrogen (secondary N) is 1. The molecule has 4 heteroatoms. The number of nitrogens with zero attached hydrogens (tertiary/aromatic N) is 1. The largest absolute Gasteiger partial charge is 0.273 e. The minimum Gasteiger partial charge on any atom is -0.273 e. The third kappa shape index (κ3) is 3.82. The standard InChI is InChI=1S/C14H14N2OS/c1-11-4-6-12(7-5-11)10-15-16-14(17)9-13-3-2-8-18-13/h2-8,10H,9H2,1H3,(H,16,17)/b15-10-. The zero-order chi connectivity index (χ0) is 12.8. The number of rotatable bonds is 4. The lowest BCUT2D eigenvalue weighted by Gasteiger charge is -1.97. The minimum atomic E-state index is -0.0965. The van der Waals surface area contributed by atoms with Gasteiger partial charge in [0, 0.05) is 4.88 Å². The summed E-state index contributed by atoms with van der Waals surface area (Å²) in [5.41, 5.74) is 4.69. The molecule has 0 aliphatic heterocycles. The smallest absolute Gasteiger partial charge is 0.245 e. The van der Waals surface area contributed by atoms with Gasteiger partial charge in [0.15, 0.2) is 0 Å². The van der Waals surface area contributed by atoms with Crippen LogP contribution >= 0.6 is 11.3 Å². The second kappa shape index (κ2) is 6.12. The maximum Gasteiger partial charge on any atom is 0.245 e. The van der Waals surface area contributed by atoms with Gasteiger partial charge in [-0.25, -0.2) is 5.43 Å². The molecule has 0 radical (unpaired) electrons. The molecule has 0 atom stereocenters. The molecule has 92 valence electrons. The quantitative estimate of drug-likeness (QED) is 0.665. The molecule has 2 rings (SSSR count). The summed E-state index contributed by atoms with van der Waals surface area (Å²) in [6.07, 6.45) is 2.02. The lowest BCUT2D eigenvalue weighted by molar-refractivity contribution is -0.120. The van der Waals surface area contributed by atoms with Crippen molar-refractivity contribution in [1.29, 1.82) is 0 Å². The van der Waals surface area contributed by atoms with Gasteiger partial charge in [0.05, 0.1) is 12.6 Å². The highest BCUT2D eigenvalue weighted by Crippen LogP contribution is 2.08. The van der Waals surface area contributed by atoms with Gasteiger partial charge in [-0.15, -0.1) is 11.3 Å². The van der Waals surface area contributed by atoms with E-state index in [4.69, 9.17) is 0 Å². The number of hydrogen-bond acceptors (Lipinski definition) is 3. The van der Waals surface area contributed by atoms with Crippen LogP contribution in [0, 0.1) is 6.92 Å². The molecule has 0 unspecified atom stereocenters. The Morgan fingerprint density at radius 1 is 1.33 bits per heavy atom. The SMILES string of the molecule is Cc1ccc(/C=N\NC(=O)Cc2cccs2)cc1. The minimum absolute atomic E-state index is 0.0965. The predicted molar refractivity (Wildman–Crippen MR) is 74.9 cm³/mol. The Bertz CT molecular complexity index is 529. The van der Waals surface area contributed by atoms with Crippen molar-refractivity contribution in [2.45, 2.75) is 13.3 Å². The van der Waals surface area contributed by atoms with E-state index in [1.807, 2.05) is 48.7 Å². The van der Waals surface area contributed by atoms with E-state index in [-0.39, 0.29) is 5.91 Å². The number of carbonyl (C=O) groups excluding carboxylic acids is 1. The first-order valence-corrected chi connectivity index (χ1v) is 6.53. The summed E-state index contributed by atoms with van der Waals surface area (Å²) in [4.78, 5) is 12.6. The Morgan fingerprint density at radius 2 is 2.11 bits per heavy atom. The van der Waals surface area contributed by atoms with E-state index in [0.717, 1.165) is 10.4 Å². The summed E-state index contributed by atoms with van der Waals surface area (Å²) in [5, 5.41) is 5.89. The van der Waals surface area contributed by atoms with Crippen LogP contribution < -0.4 is 5.43 Å². The van der Waals surface area contributed by atoms with Gasteiger partial charge in [0.25, 0.3) is 0 Å². The van der Waals surface area contributed by atoms with Crippen molar-refractivity contribution in [3.8, 4) is 0 Å². The van der Waals surface area contributed by atoms with Gasteiger partial charge in [0.2, 0.25) is 5.91 Å². The number of benzene rings is 1. The Kier molecular flexibility index (Phi) is 4.25. The summed E-state index contributed by atoms with van der Waals surface area (Å²) < 4.78 is 0. The number of hydrogen-bond donors (Lipinski definition) is 1. The van der Waals surface area contributed by atoms with Crippen molar-refractivity contribution < 1.29 is 4.79 Å². The van der Waals surface area contributed by atoms with Crippen LogP contribution in [0.1, 0.15) is 16.0 Å². The normalized spacial score (nSPS) is 10.7. The van der Waals surface area contributed by atoms with Crippen LogP contribution in [0.25, 0.3) is 0 Å². The maximum atomic E-state index is 11.5.